The molecular formula is C14H25F3N2O. The maximum absolute atomic E-state index is 12.6. The molecule has 118 valence electrons. The quantitative estimate of drug-likeness (QED) is 0.720. The van der Waals surface area contributed by atoms with Crippen molar-refractivity contribution in [1.29, 1.82) is 0 Å². The predicted octanol–water partition coefficient (Wildman–Crippen LogP) is 2.16. The number of halogens is 3. The van der Waals surface area contributed by atoms with Crippen LogP contribution in [-0.2, 0) is 0 Å². The summed E-state index contributed by atoms with van der Waals surface area (Å²) in [6, 6.07) is 0.585. The lowest BCUT2D eigenvalue weighted by molar-refractivity contribution is -0.150. The Balaban J connectivity index is 1.92. The number of hydrogen-bond acceptors (Lipinski definition) is 3. The second-order valence-corrected chi connectivity index (χ2v) is 6.41. The second kappa shape index (κ2) is 6.62. The maximum Gasteiger partial charge on any atom is 0.401 e. The van der Waals surface area contributed by atoms with Gasteiger partial charge in [0.25, 0.3) is 0 Å². The fraction of sp³-hybridized carbons (Fsp3) is 1.00. The Bertz CT molecular complexity index is 299. The molecule has 0 aliphatic heterocycles. The Morgan fingerprint density at radius 2 is 1.85 bits per heavy atom. The summed E-state index contributed by atoms with van der Waals surface area (Å²) in [4.78, 5) is 1.37. The van der Waals surface area contributed by atoms with Crippen LogP contribution < -0.4 is 5.32 Å². The van der Waals surface area contributed by atoms with Gasteiger partial charge in [0.05, 0.1) is 13.2 Å². The normalized spacial score (nSPS) is 22.6. The van der Waals surface area contributed by atoms with Gasteiger partial charge in [0.1, 0.15) is 0 Å². The molecule has 0 atom stereocenters. The SMILES string of the molecule is OCCN(CC(F)(F)F)CC1(CNC2CC2)CCCC1. The Morgan fingerprint density at radius 1 is 1.20 bits per heavy atom. The molecule has 0 heterocycles. The molecule has 0 unspecified atom stereocenters. The molecule has 20 heavy (non-hydrogen) atoms. The smallest absolute Gasteiger partial charge is 0.395 e. The first-order valence-electron chi connectivity index (χ1n) is 7.56. The highest BCUT2D eigenvalue weighted by atomic mass is 19.4. The van der Waals surface area contributed by atoms with Crippen LogP contribution in [0.2, 0.25) is 0 Å². The lowest BCUT2D eigenvalue weighted by Crippen LogP contribution is -2.46. The molecule has 2 saturated carbocycles. The van der Waals surface area contributed by atoms with E-state index in [1.54, 1.807) is 0 Å². The number of hydrogen-bond donors (Lipinski definition) is 2. The van der Waals surface area contributed by atoms with Crippen LogP contribution in [0, 0.1) is 5.41 Å². The van der Waals surface area contributed by atoms with Crippen LogP contribution >= 0.6 is 0 Å². The highest BCUT2D eigenvalue weighted by Crippen LogP contribution is 2.39. The Kier molecular flexibility index (Phi) is 5.31. The van der Waals surface area contributed by atoms with Gasteiger partial charge in [0.15, 0.2) is 0 Å². The zero-order chi connectivity index (χ0) is 14.6. The largest absolute Gasteiger partial charge is 0.401 e. The average molecular weight is 294 g/mol. The van der Waals surface area contributed by atoms with Gasteiger partial charge in [0.2, 0.25) is 0 Å². The van der Waals surface area contributed by atoms with Crippen molar-refractivity contribution < 1.29 is 18.3 Å². The van der Waals surface area contributed by atoms with Gasteiger partial charge in [0, 0.05) is 25.7 Å². The number of aliphatic hydroxyl groups excluding tert-OH is 1. The van der Waals surface area contributed by atoms with E-state index in [-0.39, 0.29) is 18.6 Å². The lowest BCUT2D eigenvalue weighted by Gasteiger charge is -2.36. The van der Waals surface area contributed by atoms with Crippen molar-refractivity contribution in [1.82, 2.24) is 10.2 Å². The zero-order valence-corrected chi connectivity index (χ0v) is 11.9. The van der Waals surface area contributed by atoms with Crippen molar-refractivity contribution >= 4 is 0 Å². The van der Waals surface area contributed by atoms with E-state index in [1.807, 2.05) is 0 Å². The van der Waals surface area contributed by atoms with E-state index < -0.39 is 12.7 Å². The number of alkyl halides is 3. The molecule has 2 N–H and O–H groups in total. The molecule has 2 fully saturated rings. The summed E-state index contributed by atoms with van der Waals surface area (Å²) in [7, 11) is 0. The number of rotatable bonds is 8. The van der Waals surface area contributed by atoms with E-state index in [1.165, 1.54) is 17.7 Å². The van der Waals surface area contributed by atoms with Gasteiger partial charge in [-0.05, 0) is 31.1 Å². The van der Waals surface area contributed by atoms with Crippen LogP contribution in [0.5, 0.6) is 0 Å². The fourth-order valence-corrected chi connectivity index (χ4v) is 3.25. The highest BCUT2D eigenvalue weighted by Gasteiger charge is 2.39. The van der Waals surface area contributed by atoms with Crippen molar-refractivity contribution in [3.8, 4) is 0 Å². The van der Waals surface area contributed by atoms with E-state index in [4.69, 9.17) is 5.11 Å². The van der Waals surface area contributed by atoms with E-state index in [9.17, 15) is 13.2 Å². The van der Waals surface area contributed by atoms with Crippen LogP contribution in [-0.4, -0.2) is 55.0 Å². The van der Waals surface area contributed by atoms with Crippen molar-refractivity contribution in [2.75, 3.05) is 32.8 Å². The average Bonchev–Trinajstić information content (AvgIpc) is 3.06. The monoisotopic (exact) mass is 294 g/mol. The van der Waals surface area contributed by atoms with Crippen molar-refractivity contribution in [2.24, 2.45) is 5.41 Å². The number of nitrogens with zero attached hydrogens (tertiary/aromatic N) is 1. The first-order chi connectivity index (χ1) is 9.42. The summed E-state index contributed by atoms with van der Waals surface area (Å²) in [5.74, 6) is 0. The molecule has 3 nitrogen and oxygen atoms in total. The summed E-state index contributed by atoms with van der Waals surface area (Å²) in [5, 5.41) is 12.5. The van der Waals surface area contributed by atoms with E-state index >= 15 is 0 Å². The Morgan fingerprint density at radius 3 is 2.35 bits per heavy atom. The standard InChI is InChI=1S/C14H25F3N2O/c15-14(16,17)11-19(7-8-20)10-13(5-1-2-6-13)9-18-12-3-4-12/h12,18,20H,1-11H2. The van der Waals surface area contributed by atoms with Gasteiger partial charge in [-0.25, -0.2) is 0 Å². The topological polar surface area (TPSA) is 35.5 Å². The minimum atomic E-state index is -4.20. The predicted molar refractivity (Wildman–Crippen MR) is 71.5 cm³/mol. The van der Waals surface area contributed by atoms with Gasteiger partial charge in [-0.3, -0.25) is 4.90 Å². The summed E-state index contributed by atoms with van der Waals surface area (Å²) in [6.07, 6.45) is 2.38. The van der Waals surface area contributed by atoms with E-state index in [2.05, 4.69) is 5.32 Å². The van der Waals surface area contributed by atoms with Crippen LogP contribution in [0.4, 0.5) is 13.2 Å². The molecule has 2 aliphatic carbocycles. The molecule has 0 aromatic rings. The van der Waals surface area contributed by atoms with Gasteiger partial charge in [-0.15, -0.1) is 0 Å². The van der Waals surface area contributed by atoms with E-state index in [0.717, 1.165) is 32.2 Å². The van der Waals surface area contributed by atoms with Gasteiger partial charge in [-0.2, -0.15) is 13.2 Å². The third-order valence-corrected chi connectivity index (χ3v) is 4.39. The number of aliphatic hydroxyl groups is 1. The van der Waals surface area contributed by atoms with Gasteiger partial charge >= 0.3 is 6.18 Å². The molecular weight excluding hydrogens is 269 g/mol. The molecule has 0 amide bonds. The van der Waals surface area contributed by atoms with E-state index in [0.29, 0.717) is 12.6 Å². The summed E-state index contributed by atoms with van der Waals surface area (Å²) < 4.78 is 37.8. The molecule has 0 aromatic carbocycles. The molecule has 2 rings (SSSR count). The van der Waals surface area contributed by atoms with Crippen LogP contribution in [0.25, 0.3) is 0 Å². The number of nitrogens with one attached hydrogen (secondary N) is 1. The van der Waals surface area contributed by atoms with Gasteiger partial charge in [-0.1, -0.05) is 12.8 Å². The second-order valence-electron chi connectivity index (χ2n) is 6.41. The minimum Gasteiger partial charge on any atom is -0.395 e. The van der Waals surface area contributed by atoms with Crippen molar-refractivity contribution in [3.05, 3.63) is 0 Å². The Hall–Kier alpha value is -0.330. The highest BCUT2D eigenvalue weighted by molar-refractivity contribution is 4.93. The first kappa shape index (κ1) is 16.0. The fourth-order valence-electron chi connectivity index (χ4n) is 3.25. The summed E-state index contributed by atoms with van der Waals surface area (Å²) in [5.41, 5.74) is -0.0387. The maximum atomic E-state index is 12.6. The first-order valence-corrected chi connectivity index (χ1v) is 7.56. The molecule has 0 spiro atoms. The Labute approximate surface area is 118 Å². The molecule has 2 aliphatic rings. The minimum absolute atomic E-state index is 0.0387. The molecule has 0 aromatic heterocycles. The van der Waals surface area contributed by atoms with Crippen LogP contribution in [0.1, 0.15) is 38.5 Å². The lowest BCUT2D eigenvalue weighted by atomic mass is 9.85. The molecule has 0 saturated heterocycles. The van der Waals surface area contributed by atoms with Crippen LogP contribution in [0.3, 0.4) is 0 Å². The summed E-state index contributed by atoms with van der Waals surface area (Å²) >= 11 is 0. The third-order valence-electron chi connectivity index (χ3n) is 4.39. The molecule has 0 bridgehead atoms. The third kappa shape index (κ3) is 5.22. The summed E-state index contributed by atoms with van der Waals surface area (Å²) in [6.45, 7) is 0.218. The molecule has 0 radical (unpaired) electrons. The molecule has 6 heteroatoms. The van der Waals surface area contributed by atoms with Crippen LogP contribution in [0.15, 0.2) is 0 Å². The zero-order valence-electron chi connectivity index (χ0n) is 11.9. The van der Waals surface area contributed by atoms with Crippen molar-refractivity contribution in [2.45, 2.75) is 50.7 Å². The van der Waals surface area contributed by atoms with Crippen molar-refractivity contribution in [3.63, 3.8) is 0 Å². The van der Waals surface area contributed by atoms with Gasteiger partial charge < -0.3 is 10.4 Å².